The molecule has 17 nitrogen and oxygen atoms in total. The van der Waals surface area contributed by atoms with Gasteiger partial charge in [-0.3, -0.25) is 4.79 Å². The molecule has 1 aromatic rings. The van der Waals surface area contributed by atoms with Crippen LogP contribution < -0.4 is 5.32 Å². The van der Waals surface area contributed by atoms with Crippen molar-refractivity contribution in [1.29, 1.82) is 0 Å². The Morgan fingerprint density at radius 2 is 1.45 bits per heavy atom. The molecule has 2 aliphatic rings. The number of ether oxygens (including phenoxy) is 5. The highest BCUT2D eigenvalue weighted by atomic mass is 16.7. The molecule has 3 rings (SSSR count). The van der Waals surface area contributed by atoms with Crippen molar-refractivity contribution in [2.45, 2.75) is 73.9 Å². The molecule has 2 aliphatic heterocycles. The van der Waals surface area contributed by atoms with Gasteiger partial charge < -0.3 is 69.9 Å². The van der Waals surface area contributed by atoms with E-state index in [9.17, 15) is 55.2 Å². The van der Waals surface area contributed by atoms with Crippen LogP contribution in [0.1, 0.15) is 5.56 Å². The molecule has 224 valence electrons. The summed E-state index contributed by atoms with van der Waals surface area (Å²) >= 11 is 0. The zero-order chi connectivity index (χ0) is 29.9. The highest BCUT2D eigenvalue weighted by Gasteiger charge is 2.54. The van der Waals surface area contributed by atoms with Gasteiger partial charge in [0.05, 0.1) is 0 Å². The maximum absolute atomic E-state index is 13.2. The molecule has 1 amide bonds. The third-order valence-electron chi connectivity index (χ3n) is 6.48. The number of nitrogens with one attached hydrogen (secondary N) is 1. The van der Waals surface area contributed by atoms with Gasteiger partial charge in [0.1, 0.15) is 42.7 Å². The summed E-state index contributed by atoms with van der Waals surface area (Å²) in [5.41, 5.74) is 0.214. The second-order valence-corrected chi connectivity index (χ2v) is 9.11. The fraction of sp³-hybridized carbons (Fsp3) is 0.609. The van der Waals surface area contributed by atoms with Gasteiger partial charge >= 0.3 is 11.9 Å². The Hall–Kier alpha value is -3.13. The minimum Gasteiger partial charge on any atom is -0.504 e. The maximum atomic E-state index is 13.2. The van der Waals surface area contributed by atoms with E-state index < -0.39 is 96.8 Å². The summed E-state index contributed by atoms with van der Waals surface area (Å²) in [4.78, 5) is 36.7. The Kier molecular flexibility index (Phi) is 10.2. The summed E-state index contributed by atoms with van der Waals surface area (Å²) in [5.74, 6) is -5.27. The third kappa shape index (κ3) is 6.60. The average Bonchev–Trinajstić information content (AvgIpc) is 2.90. The van der Waals surface area contributed by atoms with Crippen molar-refractivity contribution in [1.82, 2.24) is 5.32 Å². The summed E-state index contributed by atoms with van der Waals surface area (Å²) in [7, 11) is 2.15. The number of methoxy groups -OCH3 is 2. The number of aromatic hydroxyl groups is 2. The van der Waals surface area contributed by atoms with E-state index in [0.717, 1.165) is 26.4 Å². The number of rotatable bonds is 10. The maximum Gasteiger partial charge on any atom is 0.335 e. The summed E-state index contributed by atoms with van der Waals surface area (Å²) in [6, 6.07) is 1.87. The van der Waals surface area contributed by atoms with Gasteiger partial charge in [-0.25, -0.2) is 9.59 Å². The standard InChI is InChI=1S/C23H31NO16/c1-36-15-11(27)14(30)23(40-18(15)21(34)35)38-16-12(28)13(29)22(37-2)39-17(16)19(31)24-8(20(32)33)5-7-3-4-9(25)10(26)6-7/h3-4,6,8,11-18,22-23,25-30H,5H2,1-2H3,(H,24,31)(H,32,33)(H,34,35)/t8-,11?,12?,13?,14?,15?,16?,17+,18?,22+,23?/m0/s1. The van der Waals surface area contributed by atoms with Crippen LogP contribution in [0.15, 0.2) is 18.2 Å². The molecule has 2 heterocycles. The lowest BCUT2D eigenvalue weighted by Gasteiger charge is -2.45. The number of phenols is 2. The molecule has 0 aromatic heterocycles. The van der Waals surface area contributed by atoms with Crippen molar-refractivity contribution in [3.05, 3.63) is 23.8 Å². The SMILES string of the molecule is COC1C(C(=O)O)OC(OC2C(O)C(O)[C@H](OC)O[C@H]2C(=O)N[C@@H](Cc2ccc(O)c(O)c2)C(=O)O)C(O)C1O. The summed E-state index contributed by atoms with van der Waals surface area (Å²) in [6.07, 6.45) is -18.8. The lowest BCUT2D eigenvalue weighted by atomic mass is 9.95. The smallest absolute Gasteiger partial charge is 0.335 e. The fourth-order valence-electron chi connectivity index (χ4n) is 4.35. The predicted molar refractivity (Wildman–Crippen MR) is 125 cm³/mol. The lowest BCUT2D eigenvalue weighted by molar-refractivity contribution is -0.348. The molecule has 11 atom stereocenters. The zero-order valence-electron chi connectivity index (χ0n) is 21.1. The molecule has 2 fully saturated rings. The number of carbonyl (C=O) groups is 3. The molecule has 2 saturated heterocycles. The number of carbonyl (C=O) groups excluding carboxylic acids is 1. The molecule has 0 saturated carbocycles. The number of amides is 1. The zero-order valence-corrected chi connectivity index (χ0v) is 21.1. The van der Waals surface area contributed by atoms with Crippen LogP contribution in [-0.2, 0) is 44.5 Å². The Balaban J connectivity index is 1.86. The first-order valence-electron chi connectivity index (χ1n) is 11.8. The van der Waals surface area contributed by atoms with Crippen molar-refractivity contribution in [3.63, 3.8) is 0 Å². The van der Waals surface area contributed by atoms with Gasteiger partial charge in [-0.05, 0) is 17.7 Å². The molecule has 17 heteroatoms. The molecule has 0 radical (unpaired) electrons. The van der Waals surface area contributed by atoms with Gasteiger partial charge in [-0.1, -0.05) is 6.07 Å². The first-order chi connectivity index (χ1) is 18.8. The first kappa shape index (κ1) is 31.4. The van der Waals surface area contributed by atoms with E-state index >= 15 is 0 Å². The number of carboxylic acid groups (broad SMARTS) is 2. The molecule has 0 bridgehead atoms. The van der Waals surface area contributed by atoms with Gasteiger partial charge in [0.25, 0.3) is 5.91 Å². The molecule has 0 aliphatic carbocycles. The Labute approximate surface area is 226 Å². The topological polar surface area (TPSA) is 271 Å². The number of aliphatic hydroxyl groups is 4. The van der Waals surface area contributed by atoms with Crippen molar-refractivity contribution >= 4 is 17.8 Å². The van der Waals surface area contributed by atoms with E-state index in [1.165, 1.54) is 6.07 Å². The first-order valence-corrected chi connectivity index (χ1v) is 11.8. The third-order valence-corrected chi connectivity index (χ3v) is 6.48. The van der Waals surface area contributed by atoms with Crippen LogP contribution >= 0.6 is 0 Å². The number of carboxylic acids is 2. The van der Waals surface area contributed by atoms with E-state index in [1.807, 2.05) is 0 Å². The largest absolute Gasteiger partial charge is 0.504 e. The highest BCUT2D eigenvalue weighted by molar-refractivity contribution is 5.87. The average molecular weight is 577 g/mol. The fourth-order valence-corrected chi connectivity index (χ4v) is 4.35. The van der Waals surface area contributed by atoms with Crippen molar-refractivity contribution in [3.8, 4) is 11.5 Å². The number of aliphatic carboxylic acids is 2. The molecule has 0 spiro atoms. The van der Waals surface area contributed by atoms with Gasteiger partial charge in [0.2, 0.25) is 0 Å². The van der Waals surface area contributed by atoms with Crippen LogP contribution in [0.4, 0.5) is 0 Å². The van der Waals surface area contributed by atoms with Crippen LogP contribution in [0.5, 0.6) is 11.5 Å². The minimum atomic E-state index is -1.98. The summed E-state index contributed by atoms with van der Waals surface area (Å²) < 4.78 is 25.9. The summed E-state index contributed by atoms with van der Waals surface area (Å²) in [5, 5.41) is 82.3. The van der Waals surface area contributed by atoms with E-state index in [2.05, 4.69) is 5.32 Å². The van der Waals surface area contributed by atoms with Crippen LogP contribution in [0.3, 0.4) is 0 Å². The Morgan fingerprint density at radius 3 is 2.00 bits per heavy atom. The van der Waals surface area contributed by atoms with Crippen molar-refractivity contribution < 1.29 is 78.9 Å². The van der Waals surface area contributed by atoms with Crippen LogP contribution in [0, 0.1) is 0 Å². The van der Waals surface area contributed by atoms with Gasteiger partial charge in [-0.2, -0.15) is 0 Å². The molecular formula is C23H31NO16. The molecule has 1 aromatic carbocycles. The Bertz CT molecular complexity index is 1070. The molecule has 40 heavy (non-hydrogen) atoms. The number of benzene rings is 1. The monoisotopic (exact) mass is 577 g/mol. The minimum absolute atomic E-state index is 0.214. The number of hydrogen-bond acceptors (Lipinski definition) is 14. The quantitative estimate of drug-likeness (QED) is 0.121. The second-order valence-electron chi connectivity index (χ2n) is 9.11. The molecule has 9 N–H and O–H groups in total. The van der Waals surface area contributed by atoms with Gasteiger partial charge in [-0.15, -0.1) is 0 Å². The van der Waals surface area contributed by atoms with Crippen molar-refractivity contribution in [2.75, 3.05) is 14.2 Å². The number of aliphatic hydroxyl groups excluding tert-OH is 4. The molecule has 8 unspecified atom stereocenters. The van der Waals surface area contributed by atoms with E-state index in [0.29, 0.717) is 0 Å². The number of phenolic OH excluding ortho intramolecular Hbond substituents is 2. The predicted octanol–water partition coefficient (Wildman–Crippen LogP) is -3.77. The van der Waals surface area contributed by atoms with E-state index in [1.54, 1.807) is 0 Å². The van der Waals surface area contributed by atoms with Gasteiger partial charge in [0, 0.05) is 20.6 Å². The van der Waals surface area contributed by atoms with Crippen LogP contribution in [-0.4, -0.2) is 140 Å². The highest BCUT2D eigenvalue weighted by Crippen LogP contribution is 2.31. The van der Waals surface area contributed by atoms with E-state index in [-0.39, 0.29) is 12.0 Å². The van der Waals surface area contributed by atoms with E-state index in [4.69, 9.17) is 23.7 Å². The molecular weight excluding hydrogens is 546 g/mol. The normalized spacial score (nSPS) is 35.0. The van der Waals surface area contributed by atoms with Crippen molar-refractivity contribution in [2.24, 2.45) is 0 Å². The van der Waals surface area contributed by atoms with Gasteiger partial charge in [0.15, 0.2) is 36.3 Å². The van der Waals surface area contributed by atoms with Crippen LogP contribution in [0.2, 0.25) is 0 Å². The second kappa shape index (κ2) is 13.0. The van der Waals surface area contributed by atoms with Crippen LogP contribution in [0.25, 0.3) is 0 Å². The lowest BCUT2D eigenvalue weighted by Crippen LogP contribution is -2.67. The summed E-state index contributed by atoms with van der Waals surface area (Å²) in [6.45, 7) is 0. The Morgan fingerprint density at radius 1 is 0.850 bits per heavy atom. The number of hydrogen-bond donors (Lipinski definition) is 9.